The number of thioether (sulfide) groups is 1. The molecule has 2 heterocycles. The lowest BCUT2D eigenvalue weighted by Crippen LogP contribution is -2.17. The molecule has 0 radical (unpaired) electrons. The van der Waals surface area contributed by atoms with Crippen LogP contribution in [0.25, 0.3) is 33.4 Å². The molecule has 38 heavy (non-hydrogen) atoms. The smallest absolute Gasteiger partial charge is 0.238 e. The molecule has 0 amide bonds. The summed E-state index contributed by atoms with van der Waals surface area (Å²) in [6, 6.07) is 27.4. The van der Waals surface area contributed by atoms with Crippen molar-refractivity contribution in [3.8, 4) is 22.4 Å². The van der Waals surface area contributed by atoms with Crippen molar-refractivity contribution in [2.24, 2.45) is 5.14 Å². The van der Waals surface area contributed by atoms with Crippen LogP contribution in [0.3, 0.4) is 0 Å². The van der Waals surface area contributed by atoms with Crippen LogP contribution in [-0.2, 0) is 23.0 Å². The zero-order valence-electron chi connectivity index (χ0n) is 20.8. The van der Waals surface area contributed by atoms with Gasteiger partial charge in [-0.1, -0.05) is 78.5 Å². The molecular weight excluding hydrogens is 514 g/mol. The third-order valence-electron chi connectivity index (χ3n) is 6.21. The fourth-order valence-electron chi connectivity index (χ4n) is 4.20. The van der Waals surface area contributed by atoms with Crippen molar-refractivity contribution in [1.29, 1.82) is 0 Å². The number of fused-ring (bicyclic) bond motifs is 1. The third kappa shape index (κ3) is 6.08. The fraction of sp³-hybridized carbons (Fsp3) is 0.138. The molecule has 2 aromatic heterocycles. The Hall–Kier alpha value is -3.63. The number of nitrogens with one attached hydrogen (secondary N) is 1. The molecule has 192 valence electrons. The molecule has 0 bridgehead atoms. The number of nitrogens with zero attached hydrogens (tertiary/aromatic N) is 3. The first-order valence-corrected chi connectivity index (χ1v) is 14.9. The van der Waals surface area contributed by atoms with E-state index in [1.807, 2.05) is 30.7 Å². The summed E-state index contributed by atoms with van der Waals surface area (Å²) in [6.07, 6.45) is 4.57. The fourth-order valence-corrected chi connectivity index (χ4v) is 5.05. The average molecular weight is 542 g/mol. The number of hydrogen-bond acceptors (Lipinski definition) is 7. The van der Waals surface area contributed by atoms with Crippen LogP contribution in [0.4, 0.5) is 0 Å². The molecular formula is C29H27N5O2S2. The second kappa shape index (κ2) is 11.4. The van der Waals surface area contributed by atoms with Crippen LogP contribution in [0, 0.1) is 0 Å². The van der Waals surface area contributed by atoms with E-state index in [2.05, 4.69) is 57.7 Å². The highest BCUT2D eigenvalue weighted by Crippen LogP contribution is 2.33. The highest BCUT2D eigenvalue weighted by atomic mass is 32.2. The number of pyridine rings is 1. The largest absolute Gasteiger partial charge is 0.312 e. The first-order valence-electron chi connectivity index (χ1n) is 12.1. The number of hydrogen-bond donors (Lipinski definition) is 2. The van der Waals surface area contributed by atoms with Crippen LogP contribution in [0.1, 0.15) is 11.1 Å². The van der Waals surface area contributed by atoms with E-state index in [0.717, 1.165) is 58.4 Å². The molecule has 0 atom stereocenters. The van der Waals surface area contributed by atoms with Crippen LogP contribution in [0.15, 0.2) is 101 Å². The van der Waals surface area contributed by atoms with Gasteiger partial charge in [0.15, 0.2) is 10.8 Å². The standard InChI is InChI=1S/C29H27N5O2S2/c1-37-29-32-19-24-17-26(22-5-3-2-4-6-22)27(33-28(24)34-29)23-11-7-21(8-12-23)18-31-16-15-20-9-13-25(14-10-20)38(30,35)36/h2-14,17,19,31H,15-16,18H2,1H3,(H2,30,35,36). The van der Waals surface area contributed by atoms with Crippen molar-refractivity contribution in [1.82, 2.24) is 20.3 Å². The third-order valence-corrected chi connectivity index (χ3v) is 7.70. The summed E-state index contributed by atoms with van der Waals surface area (Å²) < 4.78 is 22.8. The summed E-state index contributed by atoms with van der Waals surface area (Å²) in [5.41, 5.74) is 6.93. The van der Waals surface area contributed by atoms with Gasteiger partial charge in [0.05, 0.1) is 10.6 Å². The molecule has 0 spiro atoms. The molecule has 0 saturated heterocycles. The van der Waals surface area contributed by atoms with Gasteiger partial charge >= 0.3 is 0 Å². The molecule has 0 aliphatic carbocycles. The Kier molecular flexibility index (Phi) is 7.80. The minimum absolute atomic E-state index is 0.128. The second-order valence-corrected chi connectivity index (χ2v) is 11.2. The molecule has 5 rings (SSSR count). The van der Waals surface area contributed by atoms with Gasteiger partial charge in [-0.3, -0.25) is 0 Å². The first kappa shape index (κ1) is 26.0. The molecule has 0 fully saturated rings. The van der Waals surface area contributed by atoms with Gasteiger partial charge in [-0.25, -0.2) is 28.5 Å². The Morgan fingerprint density at radius 2 is 1.58 bits per heavy atom. The van der Waals surface area contributed by atoms with Crippen LogP contribution < -0.4 is 10.5 Å². The number of sulfonamides is 1. The Morgan fingerprint density at radius 1 is 0.868 bits per heavy atom. The minimum Gasteiger partial charge on any atom is -0.312 e. The average Bonchev–Trinajstić information content (AvgIpc) is 2.95. The topological polar surface area (TPSA) is 111 Å². The van der Waals surface area contributed by atoms with Gasteiger partial charge in [-0.2, -0.15) is 0 Å². The van der Waals surface area contributed by atoms with E-state index in [1.54, 1.807) is 24.3 Å². The quantitative estimate of drug-likeness (QED) is 0.152. The zero-order chi connectivity index (χ0) is 26.5. The first-order chi connectivity index (χ1) is 18.4. The maximum absolute atomic E-state index is 11.4. The molecule has 9 heteroatoms. The van der Waals surface area contributed by atoms with E-state index in [9.17, 15) is 8.42 Å². The molecule has 0 saturated carbocycles. The van der Waals surface area contributed by atoms with Crippen LogP contribution in [0.5, 0.6) is 0 Å². The van der Waals surface area contributed by atoms with Crippen LogP contribution >= 0.6 is 11.8 Å². The Bertz CT molecular complexity index is 1660. The number of primary sulfonamides is 1. The van der Waals surface area contributed by atoms with E-state index in [-0.39, 0.29) is 4.90 Å². The minimum atomic E-state index is -3.66. The Labute approximate surface area is 226 Å². The maximum Gasteiger partial charge on any atom is 0.238 e. The van der Waals surface area contributed by atoms with Crippen molar-refractivity contribution in [2.45, 2.75) is 23.0 Å². The van der Waals surface area contributed by atoms with E-state index >= 15 is 0 Å². The van der Waals surface area contributed by atoms with Gasteiger partial charge in [0.2, 0.25) is 10.0 Å². The molecule has 0 unspecified atom stereocenters. The monoisotopic (exact) mass is 541 g/mol. The van der Waals surface area contributed by atoms with Gasteiger partial charge in [-0.15, -0.1) is 0 Å². The number of nitrogens with two attached hydrogens (primary N) is 1. The summed E-state index contributed by atoms with van der Waals surface area (Å²) in [5, 5.41) is 10.2. The van der Waals surface area contributed by atoms with E-state index in [0.29, 0.717) is 10.8 Å². The van der Waals surface area contributed by atoms with E-state index in [4.69, 9.17) is 10.1 Å². The summed E-state index contributed by atoms with van der Waals surface area (Å²) in [4.78, 5) is 14.1. The lowest BCUT2D eigenvalue weighted by molar-refractivity contribution is 0.597. The molecule has 3 aromatic carbocycles. The molecule has 3 N–H and O–H groups in total. The zero-order valence-corrected chi connectivity index (χ0v) is 22.5. The van der Waals surface area contributed by atoms with Crippen molar-refractivity contribution in [3.63, 3.8) is 0 Å². The lowest BCUT2D eigenvalue weighted by atomic mass is 9.98. The van der Waals surface area contributed by atoms with Crippen molar-refractivity contribution in [3.05, 3.63) is 102 Å². The van der Waals surface area contributed by atoms with Gasteiger partial charge in [0.1, 0.15) is 0 Å². The van der Waals surface area contributed by atoms with Gasteiger partial charge < -0.3 is 5.32 Å². The summed E-state index contributed by atoms with van der Waals surface area (Å²) >= 11 is 1.50. The van der Waals surface area contributed by atoms with Crippen molar-refractivity contribution < 1.29 is 8.42 Å². The molecule has 0 aliphatic heterocycles. The predicted molar refractivity (Wildman–Crippen MR) is 153 cm³/mol. The van der Waals surface area contributed by atoms with E-state index < -0.39 is 10.0 Å². The van der Waals surface area contributed by atoms with Gasteiger partial charge in [-0.05, 0) is 54.1 Å². The number of benzene rings is 3. The highest BCUT2D eigenvalue weighted by molar-refractivity contribution is 7.98. The molecule has 0 aliphatic rings. The van der Waals surface area contributed by atoms with Crippen LogP contribution in [0.2, 0.25) is 0 Å². The SMILES string of the molecule is CSc1ncc2cc(-c3ccccc3)c(-c3ccc(CNCCc4ccc(S(N)(=O)=O)cc4)cc3)nc2n1. The van der Waals surface area contributed by atoms with Gasteiger partial charge in [0, 0.05) is 29.3 Å². The number of rotatable bonds is 9. The second-order valence-electron chi connectivity index (χ2n) is 8.83. The summed E-state index contributed by atoms with van der Waals surface area (Å²) in [5.74, 6) is 0. The van der Waals surface area contributed by atoms with Crippen molar-refractivity contribution in [2.75, 3.05) is 12.8 Å². The van der Waals surface area contributed by atoms with E-state index in [1.165, 1.54) is 11.8 Å². The predicted octanol–water partition coefficient (Wildman–Crippen LogP) is 5.06. The van der Waals surface area contributed by atoms with Crippen molar-refractivity contribution >= 4 is 32.8 Å². The molecule has 7 nitrogen and oxygen atoms in total. The lowest BCUT2D eigenvalue weighted by Gasteiger charge is -2.12. The summed E-state index contributed by atoms with van der Waals surface area (Å²) in [7, 11) is -3.66. The summed E-state index contributed by atoms with van der Waals surface area (Å²) in [6.45, 7) is 1.48. The Balaban J connectivity index is 1.31. The van der Waals surface area contributed by atoms with Crippen LogP contribution in [-0.4, -0.2) is 36.2 Å². The van der Waals surface area contributed by atoms with Gasteiger partial charge in [0.25, 0.3) is 0 Å². The molecule has 5 aromatic rings. The Morgan fingerprint density at radius 3 is 2.26 bits per heavy atom. The normalized spacial score (nSPS) is 11.6. The highest BCUT2D eigenvalue weighted by Gasteiger charge is 2.13. The number of aromatic nitrogens is 3. The maximum atomic E-state index is 11.4.